The lowest BCUT2D eigenvalue weighted by molar-refractivity contribution is -0.123. The van der Waals surface area contributed by atoms with Gasteiger partial charge in [0, 0.05) is 18.7 Å². The van der Waals surface area contributed by atoms with Crippen molar-refractivity contribution in [2.24, 2.45) is 5.92 Å². The molecule has 0 bridgehead atoms. The third-order valence-corrected chi connectivity index (χ3v) is 6.77. The molecule has 0 spiro atoms. The molecular formula is C25H35N3O4S. The Bertz CT molecular complexity index is 1050. The Morgan fingerprint density at radius 1 is 0.909 bits per heavy atom. The molecule has 3 N–H and O–H groups in total. The second kappa shape index (κ2) is 10.9. The van der Waals surface area contributed by atoms with E-state index in [2.05, 4.69) is 36.1 Å². The van der Waals surface area contributed by atoms with E-state index in [1.54, 1.807) is 24.3 Å². The third-order valence-electron chi connectivity index (χ3n) is 5.30. The van der Waals surface area contributed by atoms with Gasteiger partial charge in [0.1, 0.15) is 6.04 Å². The lowest BCUT2D eigenvalue weighted by Crippen LogP contribution is -2.50. The topological polar surface area (TPSA) is 104 Å². The summed E-state index contributed by atoms with van der Waals surface area (Å²) in [5.41, 5.74) is 2.54. The van der Waals surface area contributed by atoms with Gasteiger partial charge in [-0.15, -0.1) is 0 Å². The Balaban J connectivity index is 1.91. The lowest BCUT2D eigenvalue weighted by atomic mass is 9.86. The van der Waals surface area contributed by atoms with Gasteiger partial charge in [-0.05, 0) is 48.1 Å². The van der Waals surface area contributed by atoms with E-state index in [0.29, 0.717) is 5.56 Å². The third kappa shape index (κ3) is 7.68. The summed E-state index contributed by atoms with van der Waals surface area (Å²) in [7, 11) is -3.65. The van der Waals surface area contributed by atoms with Crippen LogP contribution in [0.4, 0.5) is 0 Å². The van der Waals surface area contributed by atoms with Gasteiger partial charge >= 0.3 is 0 Å². The van der Waals surface area contributed by atoms with Crippen LogP contribution in [0.15, 0.2) is 53.4 Å². The van der Waals surface area contributed by atoms with Crippen LogP contribution in [0.25, 0.3) is 0 Å². The van der Waals surface area contributed by atoms with Crippen LogP contribution >= 0.6 is 0 Å². The molecule has 2 aromatic rings. The maximum atomic E-state index is 12.7. The Kier molecular flexibility index (Phi) is 8.80. The number of aryl methyl sites for hydroxylation is 1. The molecule has 1 atom stereocenters. The fourth-order valence-corrected chi connectivity index (χ4v) is 4.19. The van der Waals surface area contributed by atoms with Crippen LogP contribution in [0.5, 0.6) is 0 Å². The van der Waals surface area contributed by atoms with Crippen LogP contribution in [0.2, 0.25) is 0 Å². The van der Waals surface area contributed by atoms with Crippen LogP contribution < -0.4 is 15.4 Å². The van der Waals surface area contributed by atoms with E-state index in [-0.39, 0.29) is 41.1 Å². The number of nitrogens with one attached hydrogen (secondary N) is 3. The highest BCUT2D eigenvalue weighted by Crippen LogP contribution is 2.22. The molecule has 0 unspecified atom stereocenters. The van der Waals surface area contributed by atoms with Gasteiger partial charge in [0.25, 0.3) is 5.91 Å². The van der Waals surface area contributed by atoms with Crippen molar-refractivity contribution in [1.29, 1.82) is 0 Å². The van der Waals surface area contributed by atoms with Crippen LogP contribution in [0.3, 0.4) is 0 Å². The van der Waals surface area contributed by atoms with E-state index in [4.69, 9.17) is 0 Å². The molecule has 0 aliphatic carbocycles. The Morgan fingerprint density at radius 2 is 1.48 bits per heavy atom. The molecule has 33 heavy (non-hydrogen) atoms. The molecule has 0 saturated heterocycles. The van der Waals surface area contributed by atoms with Crippen LogP contribution in [-0.2, 0) is 20.2 Å². The fraction of sp³-hybridized carbons (Fsp3) is 0.440. The van der Waals surface area contributed by atoms with Crippen molar-refractivity contribution in [1.82, 2.24) is 15.4 Å². The van der Waals surface area contributed by atoms with Gasteiger partial charge in [0.05, 0.1) is 4.90 Å². The molecule has 0 heterocycles. The molecule has 0 aliphatic rings. The lowest BCUT2D eigenvalue weighted by Gasteiger charge is -2.22. The summed E-state index contributed by atoms with van der Waals surface area (Å²) >= 11 is 0. The summed E-state index contributed by atoms with van der Waals surface area (Å²) in [4.78, 5) is 25.5. The number of hydrogen-bond donors (Lipinski definition) is 3. The first-order chi connectivity index (χ1) is 15.3. The Labute approximate surface area is 197 Å². The van der Waals surface area contributed by atoms with Crippen molar-refractivity contribution >= 4 is 21.8 Å². The van der Waals surface area contributed by atoms with E-state index in [9.17, 15) is 18.0 Å². The first-order valence-electron chi connectivity index (χ1n) is 11.1. The van der Waals surface area contributed by atoms with Crippen molar-refractivity contribution in [2.45, 2.75) is 57.9 Å². The average molecular weight is 474 g/mol. The molecule has 0 aliphatic heterocycles. The van der Waals surface area contributed by atoms with E-state index in [0.717, 1.165) is 11.1 Å². The minimum absolute atomic E-state index is 0.0175. The van der Waals surface area contributed by atoms with Gasteiger partial charge in [-0.25, -0.2) is 13.1 Å². The molecular weight excluding hydrogens is 438 g/mol. The monoisotopic (exact) mass is 473 g/mol. The van der Waals surface area contributed by atoms with Gasteiger partial charge in [0.2, 0.25) is 15.9 Å². The molecule has 180 valence electrons. The van der Waals surface area contributed by atoms with Crippen molar-refractivity contribution < 1.29 is 18.0 Å². The summed E-state index contributed by atoms with van der Waals surface area (Å²) in [6.45, 7) is 12.0. The number of hydrogen-bond acceptors (Lipinski definition) is 4. The van der Waals surface area contributed by atoms with Gasteiger partial charge in [-0.1, -0.05) is 64.4 Å². The molecule has 0 radical (unpaired) electrons. The molecule has 0 saturated carbocycles. The van der Waals surface area contributed by atoms with Crippen molar-refractivity contribution in [3.05, 3.63) is 65.2 Å². The maximum absolute atomic E-state index is 12.7. The molecule has 0 aromatic heterocycles. The summed E-state index contributed by atoms with van der Waals surface area (Å²) in [5.74, 6) is -0.837. The second-order valence-electron chi connectivity index (χ2n) is 9.52. The first-order valence-corrected chi connectivity index (χ1v) is 12.5. The van der Waals surface area contributed by atoms with Crippen molar-refractivity contribution in [3.8, 4) is 0 Å². The molecule has 7 nitrogen and oxygen atoms in total. The first kappa shape index (κ1) is 26.5. The highest BCUT2D eigenvalue weighted by molar-refractivity contribution is 7.89. The second-order valence-corrected chi connectivity index (χ2v) is 11.3. The maximum Gasteiger partial charge on any atom is 0.251 e. The standard InChI is InChI=1S/C25H35N3O4S/c1-17(2)22(28-23(29)19-9-11-20(12-10-19)25(4,5)6)24(30)26-15-16-27-33(31,32)21-13-7-18(3)8-14-21/h7-14,17,22,27H,15-16H2,1-6H3,(H,26,30)(H,28,29)/t22-/m1/s1. The quantitative estimate of drug-likeness (QED) is 0.487. The van der Waals surface area contributed by atoms with Crippen molar-refractivity contribution in [2.75, 3.05) is 13.1 Å². The zero-order valence-corrected chi connectivity index (χ0v) is 21.0. The number of amides is 2. The molecule has 0 fully saturated rings. The van der Waals surface area contributed by atoms with Gasteiger partial charge in [0.15, 0.2) is 0 Å². The van der Waals surface area contributed by atoms with E-state index >= 15 is 0 Å². The summed E-state index contributed by atoms with van der Waals surface area (Å²) < 4.78 is 27.1. The number of carbonyl (C=O) groups is 2. The van der Waals surface area contributed by atoms with Crippen LogP contribution in [-0.4, -0.2) is 39.4 Å². The van der Waals surface area contributed by atoms with Gasteiger partial charge < -0.3 is 10.6 Å². The Hall–Kier alpha value is -2.71. The number of rotatable bonds is 9. The zero-order chi connectivity index (χ0) is 24.8. The highest BCUT2D eigenvalue weighted by Gasteiger charge is 2.25. The fourth-order valence-electron chi connectivity index (χ4n) is 3.16. The number of carbonyl (C=O) groups excluding carboxylic acids is 2. The van der Waals surface area contributed by atoms with Gasteiger partial charge in [-0.3, -0.25) is 9.59 Å². The van der Waals surface area contributed by atoms with Crippen molar-refractivity contribution in [3.63, 3.8) is 0 Å². The number of benzene rings is 2. The van der Waals surface area contributed by atoms with E-state index in [1.165, 1.54) is 12.1 Å². The normalized spacial score (nSPS) is 12.9. The van der Waals surface area contributed by atoms with E-state index < -0.39 is 16.1 Å². The highest BCUT2D eigenvalue weighted by atomic mass is 32.2. The predicted molar refractivity (Wildman–Crippen MR) is 131 cm³/mol. The van der Waals surface area contributed by atoms with E-state index in [1.807, 2.05) is 32.9 Å². The average Bonchev–Trinajstić information content (AvgIpc) is 2.74. The molecule has 2 rings (SSSR count). The minimum atomic E-state index is -3.65. The Morgan fingerprint density at radius 3 is 2.00 bits per heavy atom. The zero-order valence-electron chi connectivity index (χ0n) is 20.2. The predicted octanol–water partition coefficient (Wildman–Crippen LogP) is 3.14. The molecule has 8 heteroatoms. The summed E-state index contributed by atoms with van der Waals surface area (Å²) in [6, 6.07) is 13.1. The summed E-state index contributed by atoms with van der Waals surface area (Å²) in [6.07, 6.45) is 0. The smallest absolute Gasteiger partial charge is 0.251 e. The molecule has 2 aromatic carbocycles. The summed E-state index contributed by atoms with van der Waals surface area (Å²) in [5, 5.41) is 5.49. The van der Waals surface area contributed by atoms with Gasteiger partial charge in [-0.2, -0.15) is 0 Å². The SMILES string of the molecule is Cc1ccc(S(=O)(=O)NCCNC(=O)[C@H](NC(=O)c2ccc(C(C)(C)C)cc2)C(C)C)cc1. The minimum Gasteiger partial charge on any atom is -0.353 e. The largest absolute Gasteiger partial charge is 0.353 e. The number of sulfonamides is 1. The van der Waals surface area contributed by atoms with Crippen LogP contribution in [0, 0.1) is 12.8 Å². The molecule has 2 amide bonds. The van der Waals surface area contributed by atoms with Crippen LogP contribution in [0.1, 0.15) is 56.1 Å².